The minimum atomic E-state index is 0.374. The number of fused-ring (bicyclic) bond motifs is 2. The summed E-state index contributed by atoms with van der Waals surface area (Å²) >= 11 is 0. The molecule has 5 aromatic rings. The highest BCUT2D eigenvalue weighted by molar-refractivity contribution is 5.89. The highest BCUT2D eigenvalue weighted by atomic mass is 16.5. The van der Waals surface area contributed by atoms with Crippen LogP contribution in [0.5, 0.6) is 5.75 Å². The molecule has 0 saturated heterocycles. The summed E-state index contributed by atoms with van der Waals surface area (Å²) in [4.78, 5) is 16.2. The van der Waals surface area contributed by atoms with Crippen molar-refractivity contribution < 1.29 is 4.74 Å². The number of aromatic nitrogens is 5. The molecule has 0 aliphatic carbocycles. The molecule has 150 valence electrons. The van der Waals surface area contributed by atoms with Crippen LogP contribution in [0.15, 0.2) is 55.1 Å². The van der Waals surface area contributed by atoms with E-state index in [1.807, 2.05) is 22.8 Å². The summed E-state index contributed by atoms with van der Waals surface area (Å²) in [5, 5.41) is 1.10. The molecule has 0 aliphatic heterocycles. The van der Waals surface area contributed by atoms with E-state index in [-0.39, 0.29) is 0 Å². The smallest absolute Gasteiger partial charge is 0.165 e. The number of nitrogens with zero attached hydrogens (tertiary/aromatic N) is 4. The Kier molecular flexibility index (Phi) is 4.33. The SMILES string of the molecule is COc1cccc(-c2cc(Cn3cnc4c(N)ncnc43)c3[nH]c(CN)cc3c2)c1. The standard InChI is InChI=1S/C22H21N7O/c1-30-18-4-2-3-13(8-18)14-5-15-7-17(9-23)28-19(15)16(6-14)10-29-12-27-20-21(24)25-11-26-22(20)29/h2-8,11-12,28H,9-10,23H2,1H3,(H2,24,25,26). The van der Waals surface area contributed by atoms with E-state index in [0.29, 0.717) is 30.1 Å². The number of aromatic amines is 1. The third-order valence-electron chi connectivity index (χ3n) is 5.26. The summed E-state index contributed by atoms with van der Waals surface area (Å²) in [5.74, 6) is 1.19. The summed E-state index contributed by atoms with van der Waals surface area (Å²) in [5.41, 5.74) is 18.4. The molecule has 2 aromatic carbocycles. The highest BCUT2D eigenvalue weighted by Crippen LogP contribution is 2.31. The predicted octanol–water partition coefficient (Wildman–Crippen LogP) is 3.07. The molecule has 8 nitrogen and oxygen atoms in total. The van der Waals surface area contributed by atoms with Gasteiger partial charge in [-0.3, -0.25) is 0 Å². The number of hydrogen-bond acceptors (Lipinski definition) is 6. The van der Waals surface area contributed by atoms with Gasteiger partial charge >= 0.3 is 0 Å². The molecule has 3 heterocycles. The first-order valence-electron chi connectivity index (χ1n) is 9.56. The number of hydrogen-bond donors (Lipinski definition) is 3. The average molecular weight is 399 g/mol. The third kappa shape index (κ3) is 3.03. The van der Waals surface area contributed by atoms with Gasteiger partial charge in [0, 0.05) is 17.6 Å². The molecule has 0 bridgehead atoms. The van der Waals surface area contributed by atoms with Crippen LogP contribution in [0.1, 0.15) is 11.3 Å². The monoisotopic (exact) mass is 399 g/mol. The first-order valence-corrected chi connectivity index (χ1v) is 9.56. The Bertz CT molecular complexity index is 1370. The average Bonchev–Trinajstić information content (AvgIpc) is 3.39. The largest absolute Gasteiger partial charge is 0.497 e. The minimum absolute atomic E-state index is 0.374. The van der Waals surface area contributed by atoms with Gasteiger partial charge in [0.05, 0.1) is 25.5 Å². The molecule has 0 atom stereocenters. The van der Waals surface area contributed by atoms with Gasteiger partial charge in [-0.15, -0.1) is 0 Å². The van der Waals surface area contributed by atoms with Gasteiger partial charge < -0.3 is 25.8 Å². The van der Waals surface area contributed by atoms with E-state index in [1.54, 1.807) is 13.4 Å². The second-order valence-electron chi connectivity index (χ2n) is 7.13. The van der Waals surface area contributed by atoms with E-state index in [0.717, 1.165) is 39.0 Å². The molecule has 8 heteroatoms. The molecule has 0 radical (unpaired) electrons. The summed E-state index contributed by atoms with van der Waals surface area (Å²) in [6, 6.07) is 14.5. The molecule has 0 amide bonds. The van der Waals surface area contributed by atoms with E-state index < -0.39 is 0 Å². The number of imidazole rings is 1. The fourth-order valence-corrected chi connectivity index (χ4v) is 3.78. The lowest BCUT2D eigenvalue weighted by Crippen LogP contribution is -2.02. The third-order valence-corrected chi connectivity index (χ3v) is 5.26. The Labute approximate surface area is 172 Å². The number of H-pyrrole nitrogens is 1. The van der Waals surface area contributed by atoms with Crippen molar-refractivity contribution in [2.45, 2.75) is 13.1 Å². The molecule has 0 saturated carbocycles. The van der Waals surface area contributed by atoms with Crippen LogP contribution in [0, 0.1) is 0 Å². The lowest BCUT2D eigenvalue weighted by atomic mass is 10.00. The van der Waals surface area contributed by atoms with Crippen LogP contribution in [0.25, 0.3) is 33.2 Å². The van der Waals surface area contributed by atoms with Crippen LogP contribution in [0.4, 0.5) is 5.82 Å². The van der Waals surface area contributed by atoms with E-state index in [4.69, 9.17) is 16.2 Å². The van der Waals surface area contributed by atoms with Crippen LogP contribution < -0.4 is 16.2 Å². The molecule has 30 heavy (non-hydrogen) atoms. The molecule has 3 aromatic heterocycles. The quantitative estimate of drug-likeness (QED) is 0.418. The van der Waals surface area contributed by atoms with Gasteiger partial charge in [0.1, 0.15) is 17.6 Å². The molecular formula is C22H21N7O. The zero-order chi connectivity index (χ0) is 20.7. The Morgan fingerprint density at radius 2 is 1.97 bits per heavy atom. The number of benzene rings is 2. The number of nitrogen functional groups attached to an aromatic ring is 1. The molecule has 5 N–H and O–H groups in total. The number of ether oxygens (including phenoxy) is 1. The number of methoxy groups -OCH3 is 1. The van der Waals surface area contributed by atoms with Crippen LogP contribution >= 0.6 is 0 Å². The Morgan fingerprint density at radius 1 is 1.07 bits per heavy atom. The van der Waals surface area contributed by atoms with Crippen molar-refractivity contribution in [1.29, 1.82) is 0 Å². The normalized spacial score (nSPS) is 11.4. The first kappa shape index (κ1) is 18.1. The molecule has 0 aliphatic rings. The van der Waals surface area contributed by atoms with Gasteiger partial charge in [0.2, 0.25) is 0 Å². The van der Waals surface area contributed by atoms with Crippen LogP contribution in [0.3, 0.4) is 0 Å². The van der Waals surface area contributed by atoms with Crippen molar-refractivity contribution in [3.05, 3.63) is 66.4 Å². The van der Waals surface area contributed by atoms with Crippen molar-refractivity contribution in [2.24, 2.45) is 5.73 Å². The number of rotatable bonds is 5. The lowest BCUT2D eigenvalue weighted by Gasteiger charge is -2.10. The van der Waals surface area contributed by atoms with Gasteiger partial charge in [-0.25, -0.2) is 15.0 Å². The van der Waals surface area contributed by atoms with Crippen LogP contribution in [-0.4, -0.2) is 31.6 Å². The molecule has 0 unspecified atom stereocenters. The van der Waals surface area contributed by atoms with Gasteiger partial charge in [0.25, 0.3) is 0 Å². The summed E-state index contributed by atoms with van der Waals surface area (Å²) < 4.78 is 7.37. The zero-order valence-corrected chi connectivity index (χ0v) is 16.5. The van der Waals surface area contributed by atoms with Gasteiger partial charge in [-0.05, 0) is 47.0 Å². The molecule has 0 spiro atoms. The van der Waals surface area contributed by atoms with E-state index >= 15 is 0 Å². The van der Waals surface area contributed by atoms with Crippen LogP contribution in [0.2, 0.25) is 0 Å². The topological polar surface area (TPSA) is 121 Å². The second-order valence-corrected chi connectivity index (χ2v) is 7.13. The number of anilines is 1. The maximum atomic E-state index is 5.94. The van der Waals surface area contributed by atoms with Crippen molar-refractivity contribution in [1.82, 2.24) is 24.5 Å². The summed E-state index contributed by atoms with van der Waals surface area (Å²) in [6.45, 7) is 1.02. The maximum absolute atomic E-state index is 5.94. The van der Waals surface area contributed by atoms with E-state index in [9.17, 15) is 0 Å². The zero-order valence-electron chi connectivity index (χ0n) is 16.5. The Morgan fingerprint density at radius 3 is 2.80 bits per heavy atom. The van der Waals surface area contributed by atoms with E-state index in [1.165, 1.54) is 6.33 Å². The van der Waals surface area contributed by atoms with Gasteiger partial charge in [-0.2, -0.15) is 0 Å². The highest BCUT2D eigenvalue weighted by Gasteiger charge is 2.13. The lowest BCUT2D eigenvalue weighted by molar-refractivity contribution is 0.415. The van der Waals surface area contributed by atoms with Crippen molar-refractivity contribution in [3.63, 3.8) is 0 Å². The fourth-order valence-electron chi connectivity index (χ4n) is 3.78. The summed E-state index contributed by atoms with van der Waals surface area (Å²) in [7, 11) is 1.67. The minimum Gasteiger partial charge on any atom is -0.497 e. The summed E-state index contributed by atoms with van der Waals surface area (Å²) in [6.07, 6.45) is 3.20. The Balaban J connectivity index is 1.67. The molecular weight excluding hydrogens is 378 g/mol. The molecule has 0 fully saturated rings. The van der Waals surface area contributed by atoms with Gasteiger partial charge in [-0.1, -0.05) is 12.1 Å². The van der Waals surface area contributed by atoms with Crippen LogP contribution in [-0.2, 0) is 13.1 Å². The first-order chi connectivity index (χ1) is 14.7. The van der Waals surface area contributed by atoms with Gasteiger partial charge in [0.15, 0.2) is 11.5 Å². The Hall–Kier alpha value is -3.91. The predicted molar refractivity (Wildman–Crippen MR) is 117 cm³/mol. The van der Waals surface area contributed by atoms with Crippen molar-refractivity contribution >= 4 is 27.9 Å². The molecule has 5 rings (SSSR count). The van der Waals surface area contributed by atoms with Crippen molar-refractivity contribution in [3.8, 4) is 16.9 Å². The number of nitrogens with one attached hydrogen (secondary N) is 1. The van der Waals surface area contributed by atoms with Crippen molar-refractivity contribution in [2.75, 3.05) is 12.8 Å². The second kappa shape index (κ2) is 7.16. The fraction of sp³-hybridized carbons (Fsp3) is 0.136. The number of nitrogens with two attached hydrogens (primary N) is 2. The van der Waals surface area contributed by atoms with E-state index in [2.05, 4.69) is 44.2 Å². The maximum Gasteiger partial charge on any atom is 0.165 e.